The lowest BCUT2D eigenvalue weighted by atomic mass is 10.0. The molecule has 0 aromatic heterocycles. The molecule has 0 radical (unpaired) electrons. The van der Waals surface area contributed by atoms with Crippen LogP contribution in [0.4, 0.5) is 5.69 Å². The fourth-order valence-electron chi connectivity index (χ4n) is 3.04. The van der Waals surface area contributed by atoms with Gasteiger partial charge in [0.2, 0.25) is 0 Å². The van der Waals surface area contributed by atoms with E-state index in [0.717, 1.165) is 36.4 Å². The summed E-state index contributed by atoms with van der Waals surface area (Å²) >= 11 is 0. The summed E-state index contributed by atoms with van der Waals surface area (Å²) in [5, 5.41) is 9.33. The zero-order chi connectivity index (χ0) is 14.7. The fraction of sp³-hybridized carbons (Fsp3) is 0.333. The van der Waals surface area contributed by atoms with Gasteiger partial charge in [-0.3, -0.25) is 0 Å². The summed E-state index contributed by atoms with van der Waals surface area (Å²) in [5.41, 5.74) is 4.79. The molecule has 1 N–H and O–H groups in total. The van der Waals surface area contributed by atoms with Crippen LogP contribution in [-0.4, -0.2) is 18.8 Å². The Balaban J connectivity index is 1.90. The van der Waals surface area contributed by atoms with Crippen LogP contribution >= 0.6 is 0 Å². The Hall–Kier alpha value is -2.00. The Morgan fingerprint density at radius 2 is 2.05 bits per heavy atom. The monoisotopic (exact) mass is 283 g/mol. The largest absolute Gasteiger partial charge is 0.496 e. The van der Waals surface area contributed by atoms with E-state index in [4.69, 9.17) is 4.74 Å². The first-order valence-electron chi connectivity index (χ1n) is 7.41. The third-order valence-corrected chi connectivity index (χ3v) is 4.10. The van der Waals surface area contributed by atoms with Crippen molar-refractivity contribution in [3.63, 3.8) is 0 Å². The van der Waals surface area contributed by atoms with E-state index in [1.807, 2.05) is 18.2 Å². The Bertz CT molecular complexity index is 624. The highest BCUT2D eigenvalue weighted by molar-refractivity contribution is 5.56. The SMILES string of the molecule is COc1ccc(CO)cc1CN1CCCc2ccccc21. The number of aryl methyl sites for hydroxylation is 1. The van der Waals surface area contributed by atoms with Gasteiger partial charge in [-0.05, 0) is 42.2 Å². The quantitative estimate of drug-likeness (QED) is 0.935. The number of anilines is 1. The minimum atomic E-state index is 0.0631. The summed E-state index contributed by atoms with van der Waals surface area (Å²) in [6.45, 7) is 1.94. The Kier molecular flexibility index (Phi) is 4.11. The molecule has 0 bridgehead atoms. The van der Waals surface area contributed by atoms with E-state index in [1.165, 1.54) is 17.7 Å². The van der Waals surface area contributed by atoms with Crippen molar-refractivity contribution in [1.29, 1.82) is 0 Å². The van der Waals surface area contributed by atoms with Crippen LogP contribution in [0.25, 0.3) is 0 Å². The molecule has 3 nitrogen and oxygen atoms in total. The number of methoxy groups -OCH3 is 1. The van der Waals surface area contributed by atoms with Crippen LogP contribution < -0.4 is 9.64 Å². The van der Waals surface area contributed by atoms with Crippen molar-refractivity contribution in [2.24, 2.45) is 0 Å². The molecule has 21 heavy (non-hydrogen) atoms. The second-order valence-electron chi connectivity index (χ2n) is 5.46. The van der Waals surface area contributed by atoms with Crippen molar-refractivity contribution in [2.45, 2.75) is 26.0 Å². The number of rotatable bonds is 4. The van der Waals surface area contributed by atoms with E-state index in [1.54, 1.807) is 7.11 Å². The molecule has 0 atom stereocenters. The predicted molar refractivity (Wildman–Crippen MR) is 84.7 cm³/mol. The summed E-state index contributed by atoms with van der Waals surface area (Å²) in [5.74, 6) is 0.884. The van der Waals surface area contributed by atoms with Gasteiger partial charge >= 0.3 is 0 Å². The van der Waals surface area contributed by atoms with Gasteiger partial charge in [0.15, 0.2) is 0 Å². The summed E-state index contributed by atoms with van der Waals surface area (Å²) < 4.78 is 5.47. The molecule has 0 saturated carbocycles. The average Bonchev–Trinajstić information content (AvgIpc) is 2.55. The first-order chi connectivity index (χ1) is 10.3. The van der Waals surface area contributed by atoms with Gasteiger partial charge in [0.05, 0.1) is 13.7 Å². The lowest BCUT2D eigenvalue weighted by molar-refractivity contribution is 0.281. The molecular formula is C18H21NO2. The molecule has 1 heterocycles. The number of aliphatic hydroxyl groups is 1. The predicted octanol–water partition coefficient (Wildman–Crippen LogP) is 3.14. The third kappa shape index (κ3) is 2.88. The van der Waals surface area contributed by atoms with Gasteiger partial charge in [0, 0.05) is 24.3 Å². The first kappa shape index (κ1) is 14.0. The lowest BCUT2D eigenvalue weighted by Gasteiger charge is -2.31. The molecule has 2 aromatic carbocycles. The van der Waals surface area contributed by atoms with Crippen LogP contribution in [0.2, 0.25) is 0 Å². The number of nitrogens with zero attached hydrogens (tertiary/aromatic N) is 1. The number of ether oxygens (including phenoxy) is 1. The zero-order valence-corrected chi connectivity index (χ0v) is 12.4. The van der Waals surface area contributed by atoms with Crippen molar-refractivity contribution < 1.29 is 9.84 Å². The van der Waals surface area contributed by atoms with Crippen LogP contribution in [0.5, 0.6) is 5.75 Å². The van der Waals surface area contributed by atoms with E-state index < -0.39 is 0 Å². The van der Waals surface area contributed by atoms with Gasteiger partial charge in [-0.1, -0.05) is 24.3 Å². The molecule has 3 rings (SSSR count). The van der Waals surface area contributed by atoms with E-state index in [0.29, 0.717) is 0 Å². The smallest absolute Gasteiger partial charge is 0.123 e. The second kappa shape index (κ2) is 6.19. The Labute approximate surface area is 125 Å². The molecule has 0 unspecified atom stereocenters. The van der Waals surface area contributed by atoms with Crippen molar-refractivity contribution in [2.75, 3.05) is 18.6 Å². The molecule has 0 fully saturated rings. The summed E-state index contributed by atoms with van der Waals surface area (Å²) in [4.78, 5) is 2.40. The van der Waals surface area contributed by atoms with Gasteiger partial charge in [-0.2, -0.15) is 0 Å². The van der Waals surface area contributed by atoms with Crippen LogP contribution in [0, 0.1) is 0 Å². The van der Waals surface area contributed by atoms with E-state index in [2.05, 4.69) is 29.2 Å². The van der Waals surface area contributed by atoms with Gasteiger partial charge in [0.1, 0.15) is 5.75 Å². The van der Waals surface area contributed by atoms with Gasteiger partial charge in [-0.25, -0.2) is 0 Å². The van der Waals surface area contributed by atoms with Crippen molar-refractivity contribution in [3.8, 4) is 5.75 Å². The molecule has 3 heteroatoms. The normalized spacial score (nSPS) is 13.9. The zero-order valence-electron chi connectivity index (χ0n) is 12.4. The lowest BCUT2D eigenvalue weighted by Crippen LogP contribution is -2.28. The van der Waals surface area contributed by atoms with Crippen molar-refractivity contribution in [3.05, 3.63) is 59.2 Å². The van der Waals surface area contributed by atoms with Gasteiger partial charge < -0.3 is 14.7 Å². The summed E-state index contributed by atoms with van der Waals surface area (Å²) in [7, 11) is 1.70. The number of benzene rings is 2. The number of hydrogen-bond donors (Lipinski definition) is 1. The molecule has 0 spiro atoms. The van der Waals surface area contributed by atoms with Crippen LogP contribution in [0.15, 0.2) is 42.5 Å². The maximum atomic E-state index is 9.33. The highest BCUT2D eigenvalue weighted by atomic mass is 16.5. The topological polar surface area (TPSA) is 32.7 Å². The standard InChI is InChI=1S/C18H21NO2/c1-21-18-9-8-14(13-20)11-16(18)12-19-10-4-6-15-5-2-3-7-17(15)19/h2-3,5,7-9,11,20H,4,6,10,12-13H2,1H3. The van der Waals surface area contributed by atoms with Crippen LogP contribution in [0.3, 0.4) is 0 Å². The maximum absolute atomic E-state index is 9.33. The van der Waals surface area contributed by atoms with Crippen molar-refractivity contribution in [1.82, 2.24) is 0 Å². The number of aliphatic hydroxyl groups excluding tert-OH is 1. The van der Waals surface area contributed by atoms with Crippen LogP contribution in [-0.2, 0) is 19.6 Å². The average molecular weight is 283 g/mol. The third-order valence-electron chi connectivity index (χ3n) is 4.10. The highest BCUT2D eigenvalue weighted by Crippen LogP contribution is 2.30. The molecule has 1 aliphatic rings. The molecule has 110 valence electrons. The van der Waals surface area contributed by atoms with Crippen molar-refractivity contribution >= 4 is 5.69 Å². The minimum Gasteiger partial charge on any atom is -0.496 e. The first-order valence-corrected chi connectivity index (χ1v) is 7.41. The van der Waals surface area contributed by atoms with E-state index >= 15 is 0 Å². The van der Waals surface area contributed by atoms with Gasteiger partial charge in [-0.15, -0.1) is 0 Å². The van der Waals surface area contributed by atoms with Gasteiger partial charge in [0.25, 0.3) is 0 Å². The molecule has 1 aliphatic heterocycles. The molecular weight excluding hydrogens is 262 g/mol. The molecule has 0 amide bonds. The van der Waals surface area contributed by atoms with E-state index in [-0.39, 0.29) is 6.61 Å². The minimum absolute atomic E-state index is 0.0631. The Morgan fingerprint density at radius 3 is 2.86 bits per heavy atom. The molecule has 2 aromatic rings. The highest BCUT2D eigenvalue weighted by Gasteiger charge is 2.17. The maximum Gasteiger partial charge on any atom is 0.123 e. The fourth-order valence-corrected chi connectivity index (χ4v) is 3.04. The number of para-hydroxylation sites is 1. The number of fused-ring (bicyclic) bond motifs is 1. The molecule has 0 saturated heterocycles. The van der Waals surface area contributed by atoms with Crippen LogP contribution in [0.1, 0.15) is 23.1 Å². The Morgan fingerprint density at radius 1 is 1.19 bits per heavy atom. The van der Waals surface area contributed by atoms with E-state index in [9.17, 15) is 5.11 Å². The summed E-state index contributed by atoms with van der Waals surface area (Å²) in [6.07, 6.45) is 2.33. The summed E-state index contributed by atoms with van der Waals surface area (Å²) in [6, 6.07) is 14.5. The number of hydrogen-bond acceptors (Lipinski definition) is 3. The second-order valence-corrected chi connectivity index (χ2v) is 5.46. The molecule has 0 aliphatic carbocycles.